The minimum Gasteiger partial charge on any atom is -0.306 e. The van der Waals surface area contributed by atoms with Gasteiger partial charge in [-0.1, -0.05) is 24.3 Å². The van der Waals surface area contributed by atoms with Gasteiger partial charge in [0, 0.05) is 12.6 Å². The van der Waals surface area contributed by atoms with Crippen molar-refractivity contribution in [3.63, 3.8) is 0 Å². The van der Waals surface area contributed by atoms with Crippen LogP contribution >= 0.6 is 0 Å². The molecule has 0 radical (unpaired) electrons. The second kappa shape index (κ2) is 6.49. The molecule has 1 heterocycles. The zero-order valence-corrected chi connectivity index (χ0v) is 12.1. The number of aromatic amines is 2. The van der Waals surface area contributed by atoms with Gasteiger partial charge in [-0.15, -0.1) is 0 Å². The average molecular weight is 275 g/mol. The van der Waals surface area contributed by atoms with Gasteiger partial charge in [-0.3, -0.25) is 4.98 Å². The van der Waals surface area contributed by atoms with E-state index in [-0.39, 0.29) is 5.69 Å². The standard InChI is InChI=1S/C14H21N5O/c1-10(19(2)3)12-6-4-5-11(7-12)8-15-9-13-16-14(20)18-17-13/h4-7,10,15H,8-9H2,1-3H3,(H2,16,17,18,20). The molecule has 1 atom stereocenters. The van der Waals surface area contributed by atoms with Crippen LogP contribution in [0, 0.1) is 0 Å². The first-order chi connectivity index (χ1) is 9.56. The number of benzene rings is 1. The summed E-state index contributed by atoms with van der Waals surface area (Å²) in [6.45, 7) is 3.45. The van der Waals surface area contributed by atoms with Gasteiger partial charge in [-0.05, 0) is 32.1 Å². The molecule has 20 heavy (non-hydrogen) atoms. The van der Waals surface area contributed by atoms with Crippen LogP contribution < -0.4 is 11.0 Å². The quantitative estimate of drug-likeness (QED) is 0.735. The largest absolute Gasteiger partial charge is 0.340 e. The average Bonchev–Trinajstić information content (AvgIpc) is 2.84. The van der Waals surface area contributed by atoms with E-state index in [0.717, 1.165) is 6.54 Å². The molecular weight excluding hydrogens is 254 g/mol. The highest BCUT2D eigenvalue weighted by molar-refractivity contribution is 5.25. The van der Waals surface area contributed by atoms with Gasteiger partial charge in [0.25, 0.3) is 0 Å². The topological polar surface area (TPSA) is 76.8 Å². The summed E-state index contributed by atoms with van der Waals surface area (Å²) in [6.07, 6.45) is 0. The van der Waals surface area contributed by atoms with Crippen molar-refractivity contribution in [1.29, 1.82) is 0 Å². The van der Waals surface area contributed by atoms with Crippen molar-refractivity contribution >= 4 is 0 Å². The molecule has 108 valence electrons. The molecule has 2 aromatic rings. The Morgan fingerprint density at radius 3 is 2.80 bits per heavy atom. The Morgan fingerprint density at radius 1 is 1.35 bits per heavy atom. The van der Waals surface area contributed by atoms with Crippen molar-refractivity contribution in [3.8, 4) is 0 Å². The summed E-state index contributed by atoms with van der Waals surface area (Å²) in [5.41, 5.74) is 2.24. The minimum absolute atomic E-state index is 0.274. The van der Waals surface area contributed by atoms with Gasteiger partial charge in [0.2, 0.25) is 0 Å². The molecule has 0 aliphatic heterocycles. The van der Waals surface area contributed by atoms with Crippen LogP contribution in [0.4, 0.5) is 0 Å². The van der Waals surface area contributed by atoms with Crippen molar-refractivity contribution < 1.29 is 0 Å². The summed E-state index contributed by atoms with van der Waals surface area (Å²) in [5.74, 6) is 0.618. The SMILES string of the molecule is CC(c1cccc(CNCc2n[nH]c(=O)[nH]2)c1)N(C)C. The number of aromatic nitrogens is 3. The number of rotatable bonds is 6. The van der Waals surface area contributed by atoms with E-state index in [1.54, 1.807) is 0 Å². The number of hydrogen-bond donors (Lipinski definition) is 3. The van der Waals surface area contributed by atoms with E-state index in [4.69, 9.17) is 0 Å². The highest BCUT2D eigenvalue weighted by Crippen LogP contribution is 2.18. The highest BCUT2D eigenvalue weighted by Gasteiger charge is 2.07. The van der Waals surface area contributed by atoms with Crippen LogP contribution in [0.1, 0.15) is 29.9 Å². The maximum atomic E-state index is 10.9. The van der Waals surface area contributed by atoms with Crippen molar-refractivity contribution in [1.82, 2.24) is 25.4 Å². The number of nitrogens with zero attached hydrogens (tertiary/aromatic N) is 2. The van der Waals surface area contributed by atoms with E-state index >= 15 is 0 Å². The predicted octanol–water partition coefficient (Wildman–Crippen LogP) is 1.01. The molecule has 1 aromatic heterocycles. The first kappa shape index (κ1) is 14.5. The van der Waals surface area contributed by atoms with Gasteiger partial charge in [-0.25, -0.2) is 9.89 Å². The summed E-state index contributed by atoms with van der Waals surface area (Å²) in [4.78, 5) is 15.7. The molecular formula is C14H21N5O. The fourth-order valence-electron chi connectivity index (χ4n) is 1.98. The third-order valence-electron chi connectivity index (χ3n) is 3.38. The second-order valence-corrected chi connectivity index (χ2v) is 5.11. The van der Waals surface area contributed by atoms with E-state index in [2.05, 4.69) is 70.7 Å². The van der Waals surface area contributed by atoms with Gasteiger partial charge in [-0.2, -0.15) is 5.10 Å². The molecule has 2 rings (SSSR count). The minimum atomic E-state index is -0.274. The Balaban J connectivity index is 1.93. The van der Waals surface area contributed by atoms with E-state index in [1.807, 2.05) is 0 Å². The number of hydrogen-bond acceptors (Lipinski definition) is 4. The molecule has 0 saturated carbocycles. The van der Waals surface area contributed by atoms with Crippen molar-refractivity contribution in [2.75, 3.05) is 14.1 Å². The molecule has 0 spiro atoms. The van der Waals surface area contributed by atoms with Crippen molar-refractivity contribution in [2.24, 2.45) is 0 Å². The third-order valence-corrected chi connectivity index (χ3v) is 3.38. The Kier molecular flexibility index (Phi) is 4.70. The van der Waals surface area contributed by atoms with Crippen LogP contribution in [-0.4, -0.2) is 34.2 Å². The van der Waals surface area contributed by atoms with Crippen molar-refractivity contribution in [3.05, 3.63) is 51.7 Å². The molecule has 6 heteroatoms. The third kappa shape index (κ3) is 3.79. The molecule has 0 aliphatic carbocycles. The van der Waals surface area contributed by atoms with E-state index < -0.39 is 0 Å². The molecule has 0 aliphatic rings. The normalized spacial score (nSPS) is 12.8. The predicted molar refractivity (Wildman–Crippen MR) is 78.3 cm³/mol. The molecule has 0 saturated heterocycles. The number of nitrogens with one attached hydrogen (secondary N) is 3. The lowest BCUT2D eigenvalue weighted by Crippen LogP contribution is -2.18. The smallest absolute Gasteiger partial charge is 0.306 e. The molecule has 6 nitrogen and oxygen atoms in total. The van der Waals surface area contributed by atoms with Crippen LogP contribution in [0.25, 0.3) is 0 Å². The fraction of sp³-hybridized carbons (Fsp3) is 0.429. The Bertz CT molecular complexity index is 601. The summed E-state index contributed by atoms with van der Waals surface area (Å²) < 4.78 is 0. The summed E-state index contributed by atoms with van der Waals surface area (Å²) >= 11 is 0. The molecule has 1 aromatic carbocycles. The first-order valence-corrected chi connectivity index (χ1v) is 6.66. The number of H-pyrrole nitrogens is 2. The van der Waals surface area contributed by atoms with Gasteiger partial charge in [0.05, 0.1) is 6.54 Å². The second-order valence-electron chi connectivity index (χ2n) is 5.11. The van der Waals surface area contributed by atoms with Gasteiger partial charge in [0.15, 0.2) is 0 Å². The zero-order valence-electron chi connectivity index (χ0n) is 12.1. The van der Waals surface area contributed by atoms with Crippen LogP contribution in [0.3, 0.4) is 0 Å². The molecule has 1 unspecified atom stereocenters. The lowest BCUT2D eigenvalue weighted by molar-refractivity contribution is 0.321. The maximum absolute atomic E-state index is 10.9. The first-order valence-electron chi connectivity index (χ1n) is 6.66. The zero-order chi connectivity index (χ0) is 14.5. The molecule has 3 N–H and O–H groups in total. The van der Waals surface area contributed by atoms with Crippen molar-refractivity contribution in [2.45, 2.75) is 26.1 Å². The lowest BCUT2D eigenvalue weighted by atomic mass is 10.0. The Morgan fingerprint density at radius 2 is 2.15 bits per heavy atom. The van der Waals surface area contributed by atoms with Crippen LogP contribution in [0.2, 0.25) is 0 Å². The monoisotopic (exact) mass is 275 g/mol. The molecule has 0 fully saturated rings. The van der Waals surface area contributed by atoms with Gasteiger partial charge >= 0.3 is 5.69 Å². The van der Waals surface area contributed by atoms with Gasteiger partial charge in [0.1, 0.15) is 5.82 Å². The maximum Gasteiger partial charge on any atom is 0.340 e. The van der Waals surface area contributed by atoms with Gasteiger partial charge < -0.3 is 10.2 Å². The summed E-state index contributed by atoms with van der Waals surface area (Å²) in [6, 6.07) is 8.89. The van der Waals surface area contributed by atoms with E-state index in [1.165, 1.54) is 11.1 Å². The summed E-state index contributed by atoms with van der Waals surface area (Å²) in [5, 5.41) is 9.46. The Hall–Kier alpha value is -1.92. The highest BCUT2D eigenvalue weighted by atomic mass is 16.1. The van der Waals surface area contributed by atoms with E-state index in [9.17, 15) is 4.79 Å². The molecule has 0 bridgehead atoms. The lowest BCUT2D eigenvalue weighted by Gasteiger charge is -2.20. The Labute approximate surface area is 118 Å². The van der Waals surface area contributed by atoms with Crippen LogP contribution in [-0.2, 0) is 13.1 Å². The summed E-state index contributed by atoms with van der Waals surface area (Å²) in [7, 11) is 4.15. The van der Waals surface area contributed by atoms with Crippen LogP contribution in [0.5, 0.6) is 0 Å². The molecule has 0 amide bonds. The fourth-order valence-corrected chi connectivity index (χ4v) is 1.98. The van der Waals surface area contributed by atoms with E-state index in [0.29, 0.717) is 18.4 Å². The van der Waals surface area contributed by atoms with Crippen LogP contribution in [0.15, 0.2) is 29.1 Å².